The molecule has 2 aromatic carbocycles. The lowest BCUT2D eigenvalue weighted by Gasteiger charge is -2.13. The van der Waals surface area contributed by atoms with E-state index in [-0.39, 0.29) is 11.6 Å². The number of hydrogen-bond acceptors (Lipinski definition) is 3. The second kappa shape index (κ2) is 5.54. The number of methoxy groups -OCH3 is 1. The highest BCUT2D eigenvalue weighted by atomic mass is 16.5. The number of ether oxygens (including phenoxy) is 1. The van der Waals surface area contributed by atoms with Gasteiger partial charge in [0.25, 0.3) is 0 Å². The molecule has 19 heavy (non-hydrogen) atoms. The van der Waals surface area contributed by atoms with E-state index in [2.05, 4.69) is 0 Å². The Balaban J connectivity index is 2.29. The lowest BCUT2D eigenvalue weighted by atomic mass is 9.98. The second-order valence-electron chi connectivity index (χ2n) is 4.18. The van der Waals surface area contributed by atoms with Crippen LogP contribution in [0.2, 0.25) is 0 Å². The molecule has 98 valence electrons. The summed E-state index contributed by atoms with van der Waals surface area (Å²) in [4.78, 5) is 10.9. The highest BCUT2D eigenvalue weighted by Gasteiger charge is 2.11. The molecular formula is C15H15NO3. The average molecular weight is 257 g/mol. The SMILES string of the molecule is COc1ccc(C(N)c2cccc(C(=O)O)c2)cc1. The van der Waals surface area contributed by atoms with Crippen molar-refractivity contribution in [3.63, 3.8) is 0 Å². The summed E-state index contributed by atoms with van der Waals surface area (Å²) in [5.41, 5.74) is 8.06. The first-order valence-corrected chi connectivity index (χ1v) is 5.84. The molecule has 0 spiro atoms. The van der Waals surface area contributed by atoms with E-state index >= 15 is 0 Å². The number of rotatable bonds is 4. The Kier molecular flexibility index (Phi) is 3.82. The Morgan fingerprint density at radius 3 is 2.42 bits per heavy atom. The van der Waals surface area contributed by atoms with Crippen LogP contribution in [0.25, 0.3) is 0 Å². The summed E-state index contributed by atoms with van der Waals surface area (Å²) in [5, 5.41) is 8.97. The summed E-state index contributed by atoms with van der Waals surface area (Å²) in [5.74, 6) is -0.195. The Morgan fingerprint density at radius 1 is 1.16 bits per heavy atom. The van der Waals surface area contributed by atoms with Gasteiger partial charge in [0, 0.05) is 0 Å². The number of nitrogens with two attached hydrogens (primary N) is 1. The molecular weight excluding hydrogens is 242 g/mol. The summed E-state index contributed by atoms with van der Waals surface area (Å²) in [7, 11) is 1.60. The van der Waals surface area contributed by atoms with Crippen molar-refractivity contribution in [2.45, 2.75) is 6.04 Å². The molecule has 0 radical (unpaired) electrons. The molecule has 1 unspecified atom stereocenters. The topological polar surface area (TPSA) is 72.5 Å². The first-order chi connectivity index (χ1) is 9.11. The maximum Gasteiger partial charge on any atom is 0.335 e. The molecule has 0 saturated heterocycles. The van der Waals surface area contributed by atoms with Gasteiger partial charge in [-0.05, 0) is 35.4 Å². The fourth-order valence-electron chi connectivity index (χ4n) is 1.87. The minimum absolute atomic E-state index is 0.237. The van der Waals surface area contributed by atoms with Crippen LogP contribution in [0.4, 0.5) is 0 Å². The van der Waals surface area contributed by atoms with Gasteiger partial charge in [0.05, 0.1) is 18.7 Å². The largest absolute Gasteiger partial charge is 0.497 e. The quantitative estimate of drug-likeness (QED) is 0.882. The zero-order chi connectivity index (χ0) is 13.8. The maximum atomic E-state index is 10.9. The van der Waals surface area contributed by atoms with E-state index in [1.165, 1.54) is 0 Å². The van der Waals surface area contributed by atoms with E-state index in [0.29, 0.717) is 0 Å². The van der Waals surface area contributed by atoms with E-state index < -0.39 is 5.97 Å². The Labute approximate surface area is 111 Å². The number of carboxylic acids is 1. The van der Waals surface area contributed by atoms with Crippen LogP contribution >= 0.6 is 0 Å². The first kappa shape index (κ1) is 13.1. The molecule has 0 amide bonds. The van der Waals surface area contributed by atoms with E-state index in [0.717, 1.165) is 16.9 Å². The lowest BCUT2D eigenvalue weighted by molar-refractivity contribution is 0.0696. The number of hydrogen-bond donors (Lipinski definition) is 2. The minimum Gasteiger partial charge on any atom is -0.497 e. The minimum atomic E-state index is -0.955. The molecule has 0 saturated carbocycles. The molecule has 2 rings (SSSR count). The molecule has 2 aromatic rings. The van der Waals surface area contributed by atoms with Crippen LogP contribution in [0, 0.1) is 0 Å². The second-order valence-corrected chi connectivity index (χ2v) is 4.18. The predicted molar refractivity (Wildman–Crippen MR) is 72.4 cm³/mol. The van der Waals surface area contributed by atoms with E-state index in [4.69, 9.17) is 15.6 Å². The third-order valence-electron chi connectivity index (χ3n) is 2.97. The fraction of sp³-hybridized carbons (Fsp3) is 0.133. The Morgan fingerprint density at radius 2 is 1.84 bits per heavy atom. The van der Waals surface area contributed by atoms with E-state index in [1.807, 2.05) is 30.3 Å². The summed E-state index contributed by atoms with van der Waals surface area (Å²) in [6, 6.07) is 13.7. The molecule has 0 fully saturated rings. The van der Waals surface area contributed by atoms with Crippen LogP contribution in [0.15, 0.2) is 48.5 Å². The summed E-state index contributed by atoms with van der Waals surface area (Å²) in [6.45, 7) is 0. The molecule has 0 aromatic heterocycles. The summed E-state index contributed by atoms with van der Waals surface area (Å²) in [6.07, 6.45) is 0. The Hall–Kier alpha value is -2.33. The van der Waals surface area contributed by atoms with Crippen LogP contribution in [-0.4, -0.2) is 18.2 Å². The average Bonchev–Trinajstić information content (AvgIpc) is 2.46. The van der Waals surface area contributed by atoms with Crippen LogP contribution in [0.5, 0.6) is 5.75 Å². The van der Waals surface area contributed by atoms with E-state index in [9.17, 15) is 4.79 Å². The smallest absolute Gasteiger partial charge is 0.335 e. The van der Waals surface area contributed by atoms with Crippen molar-refractivity contribution in [2.24, 2.45) is 5.73 Å². The standard InChI is InChI=1S/C15H15NO3/c1-19-13-7-5-10(6-8-13)14(16)11-3-2-4-12(9-11)15(17)18/h2-9,14H,16H2,1H3,(H,17,18). The summed E-state index contributed by atoms with van der Waals surface area (Å²) < 4.78 is 5.09. The van der Waals surface area contributed by atoms with Gasteiger partial charge in [-0.1, -0.05) is 24.3 Å². The van der Waals surface area contributed by atoms with Gasteiger partial charge in [0.2, 0.25) is 0 Å². The molecule has 4 heteroatoms. The monoisotopic (exact) mass is 257 g/mol. The lowest BCUT2D eigenvalue weighted by Crippen LogP contribution is -2.12. The predicted octanol–water partition coefficient (Wildman–Crippen LogP) is 2.44. The van der Waals surface area contributed by atoms with Gasteiger partial charge in [-0.25, -0.2) is 4.79 Å². The molecule has 0 bridgehead atoms. The first-order valence-electron chi connectivity index (χ1n) is 5.84. The molecule has 4 nitrogen and oxygen atoms in total. The van der Waals surface area contributed by atoms with Crippen LogP contribution in [-0.2, 0) is 0 Å². The van der Waals surface area contributed by atoms with Crippen LogP contribution in [0.3, 0.4) is 0 Å². The van der Waals surface area contributed by atoms with Gasteiger partial charge >= 0.3 is 5.97 Å². The van der Waals surface area contributed by atoms with Crippen LogP contribution < -0.4 is 10.5 Å². The van der Waals surface area contributed by atoms with Crippen LogP contribution in [0.1, 0.15) is 27.5 Å². The number of carboxylic acid groups (broad SMARTS) is 1. The van der Waals surface area contributed by atoms with Crippen molar-refractivity contribution in [1.82, 2.24) is 0 Å². The summed E-state index contributed by atoms with van der Waals surface area (Å²) >= 11 is 0. The highest BCUT2D eigenvalue weighted by molar-refractivity contribution is 5.87. The zero-order valence-corrected chi connectivity index (χ0v) is 10.5. The normalized spacial score (nSPS) is 11.9. The third-order valence-corrected chi connectivity index (χ3v) is 2.97. The fourth-order valence-corrected chi connectivity index (χ4v) is 1.87. The maximum absolute atomic E-state index is 10.9. The van der Waals surface area contributed by atoms with Crippen molar-refractivity contribution >= 4 is 5.97 Å². The van der Waals surface area contributed by atoms with Crippen molar-refractivity contribution in [3.8, 4) is 5.75 Å². The third kappa shape index (κ3) is 2.92. The number of carbonyl (C=O) groups is 1. The van der Waals surface area contributed by atoms with Crippen molar-refractivity contribution < 1.29 is 14.6 Å². The van der Waals surface area contributed by atoms with Gasteiger partial charge in [0.1, 0.15) is 5.75 Å². The van der Waals surface area contributed by atoms with Gasteiger partial charge in [-0.2, -0.15) is 0 Å². The molecule has 0 aliphatic carbocycles. The van der Waals surface area contributed by atoms with Crippen molar-refractivity contribution in [1.29, 1.82) is 0 Å². The molecule has 0 heterocycles. The van der Waals surface area contributed by atoms with Gasteiger partial charge in [-0.15, -0.1) is 0 Å². The van der Waals surface area contributed by atoms with Crippen molar-refractivity contribution in [3.05, 3.63) is 65.2 Å². The molecule has 1 atom stereocenters. The molecule has 0 aliphatic rings. The van der Waals surface area contributed by atoms with E-state index in [1.54, 1.807) is 25.3 Å². The molecule has 0 aliphatic heterocycles. The van der Waals surface area contributed by atoms with Crippen molar-refractivity contribution in [2.75, 3.05) is 7.11 Å². The highest BCUT2D eigenvalue weighted by Crippen LogP contribution is 2.22. The number of benzene rings is 2. The van der Waals surface area contributed by atoms with Gasteiger partial charge in [0.15, 0.2) is 0 Å². The Bertz CT molecular complexity index is 578. The number of aromatic carboxylic acids is 1. The van der Waals surface area contributed by atoms with Gasteiger partial charge < -0.3 is 15.6 Å². The molecule has 3 N–H and O–H groups in total. The zero-order valence-electron chi connectivity index (χ0n) is 10.5. The van der Waals surface area contributed by atoms with Gasteiger partial charge in [-0.3, -0.25) is 0 Å².